The Balaban J connectivity index is 1.19. The summed E-state index contributed by atoms with van der Waals surface area (Å²) >= 11 is 1.50. The van der Waals surface area contributed by atoms with Gasteiger partial charge in [0.1, 0.15) is 17.3 Å². The first kappa shape index (κ1) is 24.2. The second-order valence-corrected chi connectivity index (χ2v) is 11.8. The van der Waals surface area contributed by atoms with Crippen LogP contribution in [0.4, 0.5) is 11.6 Å². The van der Waals surface area contributed by atoms with Crippen molar-refractivity contribution in [2.45, 2.75) is 67.2 Å². The van der Waals surface area contributed by atoms with E-state index in [9.17, 15) is 5.11 Å². The van der Waals surface area contributed by atoms with Gasteiger partial charge in [0.05, 0.1) is 35.9 Å². The Kier molecular flexibility index (Phi) is 6.47. The molecule has 1 atom stereocenters. The number of nitrogens with zero attached hydrogens (tertiary/aromatic N) is 5. The SMILES string of the molecule is C[C@H]1CC2(CCN(c3ncc(Sc4ccnc5c4OCC4(CCOCC4)N5C)nc3CO)CC2)CO1. The van der Waals surface area contributed by atoms with Crippen molar-refractivity contribution in [2.75, 3.05) is 56.4 Å². The van der Waals surface area contributed by atoms with Crippen molar-refractivity contribution in [3.63, 3.8) is 0 Å². The van der Waals surface area contributed by atoms with Gasteiger partial charge in [-0.3, -0.25) is 0 Å². The Labute approximate surface area is 216 Å². The van der Waals surface area contributed by atoms with Gasteiger partial charge in [-0.2, -0.15) is 0 Å². The maximum Gasteiger partial charge on any atom is 0.175 e. The predicted molar refractivity (Wildman–Crippen MR) is 137 cm³/mol. The summed E-state index contributed by atoms with van der Waals surface area (Å²) < 4.78 is 17.8. The molecule has 1 N–H and O–H groups in total. The van der Waals surface area contributed by atoms with E-state index in [-0.39, 0.29) is 12.1 Å². The summed E-state index contributed by atoms with van der Waals surface area (Å²) in [6.07, 6.45) is 9.15. The minimum atomic E-state index is -0.142. The fraction of sp³-hybridized carbons (Fsp3) is 0.654. The molecule has 194 valence electrons. The number of aliphatic hydroxyl groups excluding tert-OH is 1. The van der Waals surface area contributed by atoms with Gasteiger partial charge in [0.25, 0.3) is 0 Å². The zero-order valence-electron chi connectivity index (χ0n) is 21.1. The van der Waals surface area contributed by atoms with Crippen LogP contribution in [-0.2, 0) is 16.1 Å². The van der Waals surface area contributed by atoms with Crippen LogP contribution in [0.3, 0.4) is 0 Å². The molecule has 4 aliphatic heterocycles. The lowest BCUT2D eigenvalue weighted by atomic mass is 9.77. The highest BCUT2D eigenvalue weighted by Gasteiger charge is 2.43. The van der Waals surface area contributed by atoms with E-state index in [0.29, 0.717) is 23.8 Å². The lowest BCUT2D eigenvalue weighted by Crippen LogP contribution is -2.57. The molecule has 0 aliphatic carbocycles. The molecule has 2 spiro atoms. The molecule has 0 radical (unpaired) electrons. The zero-order chi connectivity index (χ0) is 24.8. The normalized spacial score (nSPS) is 24.7. The van der Waals surface area contributed by atoms with Gasteiger partial charge in [-0.25, -0.2) is 15.0 Å². The smallest absolute Gasteiger partial charge is 0.175 e. The van der Waals surface area contributed by atoms with E-state index in [4.69, 9.17) is 24.2 Å². The maximum absolute atomic E-state index is 10.1. The quantitative estimate of drug-likeness (QED) is 0.656. The van der Waals surface area contributed by atoms with Gasteiger partial charge >= 0.3 is 0 Å². The Morgan fingerprint density at radius 3 is 2.64 bits per heavy atom. The van der Waals surface area contributed by atoms with Gasteiger partial charge in [0.15, 0.2) is 17.4 Å². The lowest BCUT2D eigenvalue weighted by Gasteiger charge is -2.48. The fourth-order valence-electron chi connectivity index (χ4n) is 6.16. The number of pyridine rings is 1. The van der Waals surface area contributed by atoms with Crippen LogP contribution in [0.1, 0.15) is 44.7 Å². The molecule has 6 rings (SSSR count). The molecule has 0 saturated carbocycles. The van der Waals surface area contributed by atoms with Gasteiger partial charge in [-0.15, -0.1) is 0 Å². The van der Waals surface area contributed by atoms with Crippen LogP contribution in [0, 0.1) is 5.41 Å². The molecule has 3 saturated heterocycles. The minimum Gasteiger partial charge on any atom is -0.486 e. The molecule has 9 nitrogen and oxygen atoms in total. The number of rotatable bonds is 4. The Hall–Kier alpha value is -2.14. The molecular formula is C26H35N5O4S. The van der Waals surface area contributed by atoms with Crippen LogP contribution in [0.25, 0.3) is 0 Å². The van der Waals surface area contributed by atoms with Crippen molar-refractivity contribution in [1.29, 1.82) is 0 Å². The largest absolute Gasteiger partial charge is 0.486 e. The summed E-state index contributed by atoms with van der Waals surface area (Å²) in [7, 11) is 2.10. The molecule has 6 heterocycles. The number of aromatic nitrogens is 3. The number of aliphatic hydroxyl groups is 1. The maximum atomic E-state index is 10.1. The van der Waals surface area contributed by atoms with Crippen molar-refractivity contribution in [3.05, 3.63) is 24.2 Å². The van der Waals surface area contributed by atoms with E-state index >= 15 is 0 Å². The molecule has 0 amide bonds. The van der Waals surface area contributed by atoms with Gasteiger partial charge < -0.3 is 29.1 Å². The summed E-state index contributed by atoms with van der Waals surface area (Å²) in [4.78, 5) is 19.7. The zero-order valence-corrected chi connectivity index (χ0v) is 21.9. The summed E-state index contributed by atoms with van der Waals surface area (Å²) in [5, 5.41) is 10.9. The van der Waals surface area contributed by atoms with E-state index in [1.54, 1.807) is 0 Å². The topological polar surface area (TPSA) is 93.1 Å². The third-order valence-corrected chi connectivity index (χ3v) is 9.42. The summed E-state index contributed by atoms with van der Waals surface area (Å²) in [5.74, 6) is 2.43. The number of hydrogen-bond donors (Lipinski definition) is 1. The standard InChI is InChI=1S/C26H35N5O4S/c1-18-13-25(16-34-18)4-9-31(10-5-25)23-19(15-32)29-21(14-28-23)36-20-3-8-27-24-22(20)35-17-26(30(24)2)6-11-33-12-7-26/h3,8,14,18,32H,4-7,9-13,15-17H2,1-2H3/t18-/m0/s1. The number of ether oxygens (including phenoxy) is 3. The van der Waals surface area contributed by atoms with Crippen molar-refractivity contribution in [3.8, 4) is 5.75 Å². The third-order valence-electron chi connectivity index (χ3n) is 8.47. The first-order valence-electron chi connectivity index (χ1n) is 13.0. The molecule has 4 aliphatic rings. The second-order valence-electron chi connectivity index (χ2n) is 10.7. The van der Waals surface area contributed by atoms with Crippen LogP contribution in [0.2, 0.25) is 0 Å². The number of anilines is 2. The average molecular weight is 514 g/mol. The van der Waals surface area contributed by atoms with Crippen molar-refractivity contribution < 1.29 is 19.3 Å². The number of piperidine rings is 1. The number of hydrogen-bond acceptors (Lipinski definition) is 10. The highest BCUT2D eigenvalue weighted by atomic mass is 32.2. The van der Waals surface area contributed by atoms with E-state index in [1.165, 1.54) is 11.8 Å². The van der Waals surface area contributed by atoms with Crippen LogP contribution >= 0.6 is 11.8 Å². The van der Waals surface area contributed by atoms with E-state index in [0.717, 1.165) is 92.3 Å². The Bertz CT molecular complexity index is 1100. The van der Waals surface area contributed by atoms with Crippen LogP contribution in [0.15, 0.2) is 28.4 Å². The molecule has 2 aromatic rings. The van der Waals surface area contributed by atoms with Crippen LogP contribution in [0.5, 0.6) is 5.75 Å². The molecule has 36 heavy (non-hydrogen) atoms. The predicted octanol–water partition coefficient (Wildman–Crippen LogP) is 3.29. The molecule has 3 fully saturated rings. The number of likely N-dealkylation sites (N-methyl/N-ethyl adjacent to an activating group) is 1. The Morgan fingerprint density at radius 1 is 1.11 bits per heavy atom. The monoisotopic (exact) mass is 513 g/mol. The van der Waals surface area contributed by atoms with Crippen LogP contribution < -0.4 is 14.5 Å². The van der Waals surface area contributed by atoms with E-state index in [1.807, 2.05) is 18.5 Å². The van der Waals surface area contributed by atoms with E-state index < -0.39 is 0 Å². The summed E-state index contributed by atoms with van der Waals surface area (Å²) in [5.41, 5.74) is 0.854. The minimum absolute atomic E-state index is 0.0667. The summed E-state index contributed by atoms with van der Waals surface area (Å²) in [6, 6.07) is 1.96. The molecule has 0 aromatic carbocycles. The lowest BCUT2D eigenvalue weighted by molar-refractivity contribution is 0.0259. The number of fused-ring (bicyclic) bond motifs is 1. The third kappa shape index (κ3) is 4.31. The van der Waals surface area contributed by atoms with Gasteiger partial charge in [-0.1, -0.05) is 11.8 Å². The van der Waals surface area contributed by atoms with Crippen molar-refractivity contribution in [1.82, 2.24) is 15.0 Å². The second kappa shape index (κ2) is 9.63. The average Bonchev–Trinajstić information content (AvgIpc) is 3.27. The molecule has 10 heteroatoms. The first-order valence-corrected chi connectivity index (χ1v) is 13.8. The van der Waals surface area contributed by atoms with Crippen molar-refractivity contribution in [2.24, 2.45) is 5.41 Å². The van der Waals surface area contributed by atoms with Gasteiger partial charge in [-0.05, 0) is 50.5 Å². The molecule has 2 aromatic heterocycles. The first-order chi connectivity index (χ1) is 17.5. The van der Waals surface area contributed by atoms with Crippen molar-refractivity contribution >= 4 is 23.4 Å². The van der Waals surface area contributed by atoms with Gasteiger partial charge in [0, 0.05) is 39.5 Å². The molecule has 0 bridgehead atoms. The molecular weight excluding hydrogens is 478 g/mol. The summed E-state index contributed by atoms with van der Waals surface area (Å²) in [6.45, 7) is 6.81. The fourth-order valence-corrected chi connectivity index (χ4v) is 7.02. The highest BCUT2D eigenvalue weighted by Crippen LogP contribution is 2.46. The van der Waals surface area contributed by atoms with Gasteiger partial charge in [0.2, 0.25) is 0 Å². The van der Waals surface area contributed by atoms with E-state index in [2.05, 4.69) is 28.8 Å². The molecule has 0 unspecified atom stereocenters. The highest BCUT2D eigenvalue weighted by molar-refractivity contribution is 7.99. The Morgan fingerprint density at radius 2 is 1.92 bits per heavy atom. The van der Waals surface area contributed by atoms with Crippen LogP contribution in [-0.4, -0.2) is 78.3 Å².